The minimum atomic E-state index is -0.340. The third-order valence-electron chi connectivity index (χ3n) is 2.10. The lowest BCUT2D eigenvalue weighted by molar-refractivity contribution is -0.114. The van der Waals surface area contributed by atoms with Crippen LogP contribution in [0.4, 0.5) is 0 Å². The second kappa shape index (κ2) is 4.26. The predicted molar refractivity (Wildman–Crippen MR) is 46.5 cm³/mol. The van der Waals surface area contributed by atoms with Gasteiger partial charge < -0.3 is 10.5 Å². The summed E-state index contributed by atoms with van der Waals surface area (Å²) in [4.78, 5) is 10.6. The number of carbonyl (C=O) groups excluding carboxylic acids is 1. The molecule has 0 spiro atoms. The minimum Gasteiger partial charge on any atom is -0.378 e. The molecule has 3 heteroatoms. The first-order valence-corrected chi connectivity index (χ1v) is 4.28. The van der Waals surface area contributed by atoms with Crippen LogP contribution < -0.4 is 5.73 Å². The van der Waals surface area contributed by atoms with Crippen molar-refractivity contribution in [3.63, 3.8) is 0 Å². The Kier molecular flexibility index (Phi) is 3.29. The Balaban J connectivity index is 2.31. The Labute approximate surface area is 72.6 Å². The summed E-state index contributed by atoms with van der Waals surface area (Å²) >= 11 is 0. The van der Waals surface area contributed by atoms with E-state index in [4.69, 9.17) is 10.5 Å². The molecule has 12 heavy (non-hydrogen) atoms. The van der Waals surface area contributed by atoms with Crippen molar-refractivity contribution in [1.82, 2.24) is 0 Å². The Hall–Kier alpha value is -0.830. The molecule has 1 atom stereocenters. The molecular formula is C9H15NO2. The van der Waals surface area contributed by atoms with Gasteiger partial charge in [-0.1, -0.05) is 6.08 Å². The highest BCUT2D eigenvalue weighted by Gasteiger charge is 2.13. The Morgan fingerprint density at radius 2 is 2.50 bits per heavy atom. The van der Waals surface area contributed by atoms with Gasteiger partial charge in [0.2, 0.25) is 5.91 Å². The summed E-state index contributed by atoms with van der Waals surface area (Å²) in [6.07, 6.45) is 5.21. The number of rotatable bonds is 3. The minimum absolute atomic E-state index is 0.305. The van der Waals surface area contributed by atoms with Gasteiger partial charge in [-0.25, -0.2) is 0 Å². The molecule has 0 radical (unpaired) electrons. The van der Waals surface area contributed by atoms with E-state index in [0.717, 1.165) is 25.9 Å². The van der Waals surface area contributed by atoms with Gasteiger partial charge in [-0.3, -0.25) is 4.79 Å². The smallest absolute Gasteiger partial charge is 0.244 e. The highest BCUT2D eigenvalue weighted by molar-refractivity contribution is 5.91. The highest BCUT2D eigenvalue weighted by atomic mass is 16.5. The van der Waals surface area contributed by atoms with Gasteiger partial charge in [0.15, 0.2) is 0 Å². The van der Waals surface area contributed by atoms with Crippen molar-refractivity contribution < 1.29 is 9.53 Å². The lowest BCUT2D eigenvalue weighted by atomic mass is 10.1. The van der Waals surface area contributed by atoms with Crippen molar-refractivity contribution in [3.8, 4) is 0 Å². The summed E-state index contributed by atoms with van der Waals surface area (Å²) in [7, 11) is 0. The van der Waals surface area contributed by atoms with Crippen LogP contribution in [0.1, 0.15) is 26.2 Å². The molecule has 1 rings (SSSR count). The first-order chi connectivity index (χ1) is 5.70. The largest absolute Gasteiger partial charge is 0.378 e. The van der Waals surface area contributed by atoms with Gasteiger partial charge in [-0.15, -0.1) is 0 Å². The first kappa shape index (κ1) is 9.26. The summed E-state index contributed by atoms with van der Waals surface area (Å²) < 4.78 is 5.39. The van der Waals surface area contributed by atoms with Crippen molar-refractivity contribution in [2.45, 2.75) is 32.3 Å². The number of amides is 1. The maximum Gasteiger partial charge on any atom is 0.244 e. The third kappa shape index (κ3) is 2.66. The van der Waals surface area contributed by atoms with E-state index in [1.165, 1.54) is 0 Å². The summed E-state index contributed by atoms with van der Waals surface area (Å²) in [5.74, 6) is -0.340. The SMILES string of the molecule is CC(=CCC1CCCO1)C(N)=O. The lowest BCUT2D eigenvalue weighted by Crippen LogP contribution is -2.12. The fourth-order valence-electron chi connectivity index (χ4n) is 1.24. The molecule has 1 unspecified atom stereocenters. The van der Waals surface area contributed by atoms with Crippen molar-refractivity contribution in [2.24, 2.45) is 5.73 Å². The van der Waals surface area contributed by atoms with E-state index in [2.05, 4.69) is 0 Å². The summed E-state index contributed by atoms with van der Waals surface area (Å²) in [5.41, 5.74) is 5.70. The van der Waals surface area contributed by atoms with Crippen molar-refractivity contribution in [2.75, 3.05) is 6.61 Å². The van der Waals surface area contributed by atoms with Crippen LogP contribution in [-0.2, 0) is 9.53 Å². The van der Waals surface area contributed by atoms with Gasteiger partial charge >= 0.3 is 0 Å². The molecule has 3 nitrogen and oxygen atoms in total. The molecule has 0 aromatic heterocycles. The second-order valence-corrected chi connectivity index (χ2v) is 3.12. The molecule has 1 fully saturated rings. The van der Waals surface area contributed by atoms with Crippen molar-refractivity contribution in [1.29, 1.82) is 0 Å². The van der Waals surface area contributed by atoms with Crippen LogP contribution in [0.15, 0.2) is 11.6 Å². The van der Waals surface area contributed by atoms with Crippen LogP contribution in [-0.4, -0.2) is 18.6 Å². The number of hydrogen-bond donors (Lipinski definition) is 1. The number of hydrogen-bond acceptors (Lipinski definition) is 2. The molecular weight excluding hydrogens is 154 g/mol. The fourth-order valence-corrected chi connectivity index (χ4v) is 1.24. The molecule has 2 N–H and O–H groups in total. The topological polar surface area (TPSA) is 52.3 Å². The average Bonchev–Trinajstić information content (AvgIpc) is 2.51. The zero-order valence-electron chi connectivity index (χ0n) is 7.38. The van der Waals surface area contributed by atoms with Crippen molar-refractivity contribution in [3.05, 3.63) is 11.6 Å². The summed E-state index contributed by atoms with van der Waals surface area (Å²) in [6, 6.07) is 0. The molecule has 1 saturated heterocycles. The third-order valence-corrected chi connectivity index (χ3v) is 2.10. The Morgan fingerprint density at radius 1 is 1.75 bits per heavy atom. The standard InChI is InChI=1S/C9H15NO2/c1-7(9(10)11)4-5-8-3-2-6-12-8/h4,8H,2-3,5-6H2,1H3,(H2,10,11). The molecule has 0 bridgehead atoms. The average molecular weight is 169 g/mol. The normalized spacial score (nSPS) is 24.4. The maximum absolute atomic E-state index is 10.6. The zero-order chi connectivity index (χ0) is 8.97. The fraction of sp³-hybridized carbons (Fsp3) is 0.667. The lowest BCUT2D eigenvalue weighted by Gasteiger charge is -2.04. The highest BCUT2D eigenvalue weighted by Crippen LogP contribution is 2.16. The van der Waals surface area contributed by atoms with E-state index < -0.39 is 0 Å². The molecule has 0 aromatic carbocycles. The molecule has 68 valence electrons. The molecule has 0 aliphatic carbocycles. The van der Waals surface area contributed by atoms with Crippen LogP contribution in [0, 0.1) is 0 Å². The van der Waals surface area contributed by atoms with Crippen LogP contribution in [0.25, 0.3) is 0 Å². The van der Waals surface area contributed by atoms with Gasteiger partial charge in [0, 0.05) is 12.2 Å². The molecule has 0 saturated carbocycles. The van der Waals surface area contributed by atoms with Crippen LogP contribution in [0.3, 0.4) is 0 Å². The van der Waals surface area contributed by atoms with Gasteiger partial charge in [0.1, 0.15) is 0 Å². The number of carbonyl (C=O) groups is 1. The number of primary amides is 1. The molecule has 1 amide bonds. The van der Waals surface area contributed by atoms with Crippen LogP contribution >= 0.6 is 0 Å². The molecule has 1 aliphatic rings. The maximum atomic E-state index is 10.6. The van der Waals surface area contributed by atoms with Gasteiger partial charge in [-0.05, 0) is 26.2 Å². The Morgan fingerprint density at radius 3 is 3.00 bits per heavy atom. The van der Waals surface area contributed by atoms with Gasteiger partial charge in [0.05, 0.1) is 6.10 Å². The van der Waals surface area contributed by atoms with Crippen LogP contribution in [0.2, 0.25) is 0 Å². The Bertz CT molecular complexity index is 193. The quantitative estimate of drug-likeness (QED) is 0.640. The van der Waals surface area contributed by atoms with E-state index in [9.17, 15) is 4.79 Å². The zero-order valence-corrected chi connectivity index (χ0v) is 7.38. The van der Waals surface area contributed by atoms with E-state index in [-0.39, 0.29) is 5.91 Å². The monoisotopic (exact) mass is 169 g/mol. The van der Waals surface area contributed by atoms with Gasteiger partial charge in [0.25, 0.3) is 0 Å². The second-order valence-electron chi connectivity index (χ2n) is 3.12. The van der Waals surface area contributed by atoms with E-state index in [1.54, 1.807) is 6.92 Å². The van der Waals surface area contributed by atoms with Crippen molar-refractivity contribution >= 4 is 5.91 Å². The summed E-state index contributed by atoms with van der Waals surface area (Å²) in [6.45, 7) is 2.59. The predicted octanol–water partition coefficient (Wildman–Crippen LogP) is 0.987. The summed E-state index contributed by atoms with van der Waals surface area (Å²) in [5, 5.41) is 0. The first-order valence-electron chi connectivity index (χ1n) is 4.28. The number of nitrogens with two attached hydrogens (primary N) is 1. The van der Waals surface area contributed by atoms with E-state index in [0.29, 0.717) is 11.7 Å². The number of ether oxygens (including phenoxy) is 1. The molecule has 0 aromatic rings. The van der Waals surface area contributed by atoms with Gasteiger partial charge in [-0.2, -0.15) is 0 Å². The van der Waals surface area contributed by atoms with Crippen LogP contribution in [0.5, 0.6) is 0 Å². The van der Waals surface area contributed by atoms with E-state index in [1.807, 2.05) is 6.08 Å². The van der Waals surface area contributed by atoms with E-state index >= 15 is 0 Å². The molecule has 1 heterocycles. The molecule has 1 aliphatic heterocycles.